The molecule has 4 aromatic rings. The second-order valence-corrected chi connectivity index (χ2v) is 6.60. The second kappa shape index (κ2) is 6.72. The van der Waals surface area contributed by atoms with E-state index in [1.807, 2.05) is 56.3 Å². The molecule has 1 amide bonds. The third-order valence-corrected chi connectivity index (χ3v) is 4.70. The fourth-order valence-electron chi connectivity index (χ4n) is 3.32. The Balaban J connectivity index is 1.59. The van der Waals surface area contributed by atoms with Gasteiger partial charge in [-0.25, -0.2) is 4.98 Å². The Morgan fingerprint density at radius 2 is 1.93 bits per heavy atom. The molecule has 136 valence electrons. The van der Waals surface area contributed by atoms with Crippen molar-refractivity contribution in [3.05, 3.63) is 76.3 Å². The van der Waals surface area contributed by atoms with Crippen LogP contribution in [-0.4, -0.2) is 15.5 Å². The molecule has 0 radical (unpaired) electrons. The monoisotopic (exact) mass is 361 g/mol. The lowest BCUT2D eigenvalue weighted by atomic mass is 10.0. The van der Waals surface area contributed by atoms with Gasteiger partial charge in [0.05, 0.1) is 12.4 Å². The van der Waals surface area contributed by atoms with Crippen molar-refractivity contribution in [1.82, 2.24) is 14.9 Å². The quantitative estimate of drug-likeness (QED) is 0.605. The first kappa shape index (κ1) is 17.0. The van der Waals surface area contributed by atoms with Crippen LogP contribution in [-0.2, 0) is 11.3 Å². The number of nitrogens with one attached hydrogen (secondary N) is 1. The van der Waals surface area contributed by atoms with Gasteiger partial charge in [-0.05, 0) is 37.1 Å². The molecule has 0 aliphatic heterocycles. The summed E-state index contributed by atoms with van der Waals surface area (Å²) in [6.45, 7) is 3.81. The number of aryl methyl sites for hydroxylation is 1. The number of hydrogen-bond donors (Lipinski definition) is 1. The van der Waals surface area contributed by atoms with E-state index in [4.69, 9.17) is 4.42 Å². The van der Waals surface area contributed by atoms with Gasteiger partial charge in [0.25, 0.3) is 5.56 Å². The Morgan fingerprint density at radius 1 is 1.19 bits per heavy atom. The van der Waals surface area contributed by atoms with E-state index in [2.05, 4.69) is 10.3 Å². The standard InChI is InChI=1S/C21H19N3O3/c1-13-7-3-4-8-15(13)14(2)23-18(25)11-24-12-22-19-16-9-5-6-10-17(16)27-20(19)21(24)26/h3-10,12,14H,11H2,1-2H3,(H,23,25)/t14-/m0/s1. The van der Waals surface area contributed by atoms with Crippen LogP contribution < -0.4 is 10.9 Å². The van der Waals surface area contributed by atoms with Gasteiger partial charge in [-0.2, -0.15) is 0 Å². The van der Waals surface area contributed by atoms with E-state index in [9.17, 15) is 9.59 Å². The normalized spacial score (nSPS) is 12.4. The van der Waals surface area contributed by atoms with Crippen molar-refractivity contribution in [2.75, 3.05) is 0 Å². The van der Waals surface area contributed by atoms with E-state index in [-0.39, 0.29) is 29.6 Å². The third-order valence-electron chi connectivity index (χ3n) is 4.70. The maximum Gasteiger partial charge on any atom is 0.297 e. The van der Waals surface area contributed by atoms with Crippen LogP contribution in [0, 0.1) is 6.92 Å². The molecule has 2 aromatic carbocycles. The first-order valence-corrected chi connectivity index (χ1v) is 8.76. The zero-order valence-electron chi connectivity index (χ0n) is 15.1. The Labute approximate surface area is 155 Å². The van der Waals surface area contributed by atoms with Crippen LogP contribution in [0.2, 0.25) is 0 Å². The molecule has 4 rings (SSSR count). The van der Waals surface area contributed by atoms with Gasteiger partial charge < -0.3 is 9.73 Å². The SMILES string of the molecule is Cc1ccccc1[C@H](C)NC(=O)Cn1cnc2c(oc3ccccc32)c1=O. The van der Waals surface area contributed by atoms with Crippen LogP contribution in [0.4, 0.5) is 0 Å². The van der Waals surface area contributed by atoms with E-state index in [0.29, 0.717) is 11.1 Å². The third kappa shape index (κ3) is 3.10. The minimum Gasteiger partial charge on any atom is -0.448 e. The molecular formula is C21H19N3O3. The van der Waals surface area contributed by atoms with Gasteiger partial charge in [-0.3, -0.25) is 14.2 Å². The number of hydrogen-bond acceptors (Lipinski definition) is 4. The fraction of sp³-hybridized carbons (Fsp3) is 0.190. The molecule has 0 spiro atoms. The first-order chi connectivity index (χ1) is 13.0. The number of fused-ring (bicyclic) bond motifs is 3. The number of nitrogens with zero attached hydrogens (tertiary/aromatic N) is 2. The Morgan fingerprint density at radius 3 is 2.74 bits per heavy atom. The molecule has 0 aliphatic carbocycles. The topological polar surface area (TPSA) is 77.1 Å². The zero-order chi connectivity index (χ0) is 19.0. The average molecular weight is 361 g/mol. The average Bonchev–Trinajstić information content (AvgIpc) is 3.04. The van der Waals surface area contributed by atoms with Crippen LogP contribution in [0.15, 0.2) is 64.1 Å². The predicted octanol–water partition coefficient (Wildman–Crippen LogP) is 3.33. The maximum atomic E-state index is 12.7. The number of rotatable bonds is 4. The van der Waals surface area contributed by atoms with Crippen molar-refractivity contribution in [1.29, 1.82) is 0 Å². The van der Waals surface area contributed by atoms with E-state index in [1.165, 1.54) is 10.9 Å². The van der Waals surface area contributed by atoms with Crippen molar-refractivity contribution in [2.24, 2.45) is 0 Å². The number of amides is 1. The van der Waals surface area contributed by atoms with E-state index in [0.717, 1.165) is 16.5 Å². The van der Waals surface area contributed by atoms with Crippen LogP contribution in [0.1, 0.15) is 24.1 Å². The molecule has 0 unspecified atom stereocenters. The van der Waals surface area contributed by atoms with Crippen molar-refractivity contribution in [3.63, 3.8) is 0 Å². The highest BCUT2D eigenvalue weighted by Crippen LogP contribution is 2.24. The number of carbonyl (C=O) groups is 1. The maximum absolute atomic E-state index is 12.7. The molecule has 6 heteroatoms. The molecule has 0 fully saturated rings. The number of aromatic nitrogens is 2. The first-order valence-electron chi connectivity index (χ1n) is 8.76. The van der Waals surface area contributed by atoms with Crippen molar-refractivity contribution in [2.45, 2.75) is 26.4 Å². The van der Waals surface area contributed by atoms with Crippen LogP contribution in [0.25, 0.3) is 22.1 Å². The van der Waals surface area contributed by atoms with Gasteiger partial charge >= 0.3 is 0 Å². The molecule has 0 aliphatic rings. The summed E-state index contributed by atoms with van der Waals surface area (Å²) in [5.41, 5.74) is 3.07. The number of carbonyl (C=O) groups excluding carboxylic acids is 1. The summed E-state index contributed by atoms with van der Waals surface area (Å²) >= 11 is 0. The molecule has 2 aromatic heterocycles. The summed E-state index contributed by atoms with van der Waals surface area (Å²) in [7, 11) is 0. The fourth-order valence-corrected chi connectivity index (χ4v) is 3.32. The smallest absolute Gasteiger partial charge is 0.297 e. The summed E-state index contributed by atoms with van der Waals surface area (Å²) < 4.78 is 6.91. The molecule has 1 atom stereocenters. The van der Waals surface area contributed by atoms with E-state index in [1.54, 1.807) is 6.07 Å². The van der Waals surface area contributed by atoms with Crippen LogP contribution in [0.5, 0.6) is 0 Å². The highest BCUT2D eigenvalue weighted by Gasteiger charge is 2.16. The van der Waals surface area contributed by atoms with Crippen molar-refractivity contribution >= 4 is 28.0 Å². The predicted molar refractivity (Wildman–Crippen MR) is 104 cm³/mol. The Hall–Kier alpha value is -3.41. The molecule has 0 saturated heterocycles. The highest BCUT2D eigenvalue weighted by atomic mass is 16.3. The van der Waals surface area contributed by atoms with Gasteiger partial charge in [-0.15, -0.1) is 0 Å². The number of furan rings is 1. The van der Waals surface area contributed by atoms with Gasteiger partial charge in [0, 0.05) is 5.39 Å². The van der Waals surface area contributed by atoms with Crippen molar-refractivity contribution in [3.8, 4) is 0 Å². The summed E-state index contributed by atoms with van der Waals surface area (Å²) in [5.74, 6) is -0.259. The molecular weight excluding hydrogens is 342 g/mol. The van der Waals surface area contributed by atoms with Gasteiger partial charge in [0.1, 0.15) is 17.6 Å². The second-order valence-electron chi connectivity index (χ2n) is 6.60. The van der Waals surface area contributed by atoms with Gasteiger partial charge in [-0.1, -0.05) is 36.4 Å². The molecule has 6 nitrogen and oxygen atoms in total. The minimum atomic E-state index is -0.366. The Kier molecular flexibility index (Phi) is 4.24. The molecule has 1 N–H and O–H groups in total. The van der Waals surface area contributed by atoms with Crippen LogP contribution in [0.3, 0.4) is 0 Å². The zero-order valence-corrected chi connectivity index (χ0v) is 15.1. The highest BCUT2D eigenvalue weighted by molar-refractivity contribution is 6.01. The summed E-state index contributed by atoms with van der Waals surface area (Å²) in [6, 6.07) is 15.1. The summed E-state index contributed by atoms with van der Waals surface area (Å²) in [5, 5.41) is 3.72. The lowest BCUT2D eigenvalue weighted by Gasteiger charge is -2.16. The minimum absolute atomic E-state index is 0.116. The molecule has 27 heavy (non-hydrogen) atoms. The summed E-state index contributed by atoms with van der Waals surface area (Å²) in [6.07, 6.45) is 1.39. The van der Waals surface area contributed by atoms with Gasteiger partial charge in [0.15, 0.2) is 0 Å². The lowest BCUT2D eigenvalue weighted by molar-refractivity contribution is -0.122. The van der Waals surface area contributed by atoms with Crippen LogP contribution >= 0.6 is 0 Å². The van der Waals surface area contributed by atoms with E-state index < -0.39 is 0 Å². The molecule has 0 bridgehead atoms. The largest absolute Gasteiger partial charge is 0.448 e. The van der Waals surface area contributed by atoms with Gasteiger partial charge in [0.2, 0.25) is 11.5 Å². The van der Waals surface area contributed by atoms with Crippen molar-refractivity contribution < 1.29 is 9.21 Å². The lowest BCUT2D eigenvalue weighted by Crippen LogP contribution is -2.34. The molecule has 0 saturated carbocycles. The number of benzene rings is 2. The number of para-hydroxylation sites is 1. The molecule has 2 heterocycles. The summed E-state index contributed by atoms with van der Waals surface area (Å²) in [4.78, 5) is 29.5. The van der Waals surface area contributed by atoms with E-state index >= 15 is 0 Å². The Bertz CT molecular complexity index is 1210.